The van der Waals surface area contributed by atoms with Gasteiger partial charge in [-0.2, -0.15) is 0 Å². The normalized spacial score (nSPS) is 12.0. The Bertz CT molecular complexity index is 565. The van der Waals surface area contributed by atoms with E-state index >= 15 is 0 Å². The van der Waals surface area contributed by atoms with Crippen LogP contribution in [0.2, 0.25) is 0 Å². The average molecular weight is 235 g/mol. The number of nitrogens with zero attached hydrogens (tertiary/aromatic N) is 1. The van der Waals surface area contributed by atoms with Crippen molar-refractivity contribution >= 4 is 17.5 Å². The summed E-state index contributed by atoms with van der Waals surface area (Å²) in [5, 5.41) is 0. The van der Waals surface area contributed by atoms with E-state index in [1.165, 1.54) is 11.1 Å². The van der Waals surface area contributed by atoms with Crippen molar-refractivity contribution < 1.29 is 0 Å². The highest BCUT2D eigenvalue weighted by molar-refractivity contribution is 6.10. The summed E-state index contributed by atoms with van der Waals surface area (Å²) in [4.78, 5) is 4.49. The molecule has 18 heavy (non-hydrogen) atoms. The molecule has 0 aliphatic heterocycles. The van der Waals surface area contributed by atoms with Gasteiger partial charge in [0.2, 0.25) is 0 Å². The Hall–Kier alpha value is -2.15. The largest absolute Gasteiger partial charge is 0.256 e. The van der Waals surface area contributed by atoms with Crippen molar-refractivity contribution in [3.63, 3.8) is 0 Å². The van der Waals surface area contributed by atoms with Gasteiger partial charge in [0, 0.05) is 6.21 Å². The second kappa shape index (κ2) is 5.97. The van der Waals surface area contributed by atoms with E-state index in [9.17, 15) is 0 Å². The molecule has 0 unspecified atom stereocenters. The molecule has 0 atom stereocenters. The van der Waals surface area contributed by atoms with Crippen molar-refractivity contribution in [1.82, 2.24) is 0 Å². The molecule has 1 heteroatoms. The van der Waals surface area contributed by atoms with E-state index in [4.69, 9.17) is 0 Å². The van der Waals surface area contributed by atoms with Crippen LogP contribution < -0.4 is 0 Å². The topological polar surface area (TPSA) is 12.4 Å². The fourth-order valence-corrected chi connectivity index (χ4v) is 1.80. The highest BCUT2D eigenvalue weighted by Gasteiger charge is 1.97. The summed E-state index contributed by atoms with van der Waals surface area (Å²) in [7, 11) is 0. The first-order valence-electron chi connectivity index (χ1n) is 6.12. The highest BCUT2D eigenvalue weighted by Crippen LogP contribution is 2.16. The molecule has 2 rings (SSSR count). The molecule has 0 fully saturated rings. The van der Waals surface area contributed by atoms with Crippen LogP contribution in [0.25, 0.3) is 5.57 Å². The van der Waals surface area contributed by atoms with Gasteiger partial charge in [-0.05, 0) is 37.1 Å². The first kappa shape index (κ1) is 12.3. The van der Waals surface area contributed by atoms with Crippen LogP contribution in [0.5, 0.6) is 0 Å². The Labute approximate surface area is 109 Å². The third-order valence-electron chi connectivity index (χ3n) is 2.77. The van der Waals surface area contributed by atoms with E-state index in [0.29, 0.717) is 0 Å². The van der Waals surface area contributed by atoms with Gasteiger partial charge in [-0.15, -0.1) is 0 Å². The number of hydrogen-bond acceptors (Lipinski definition) is 1. The van der Waals surface area contributed by atoms with Crippen molar-refractivity contribution in [3.05, 3.63) is 71.8 Å². The molecule has 0 heterocycles. The second-order valence-electron chi connectivity index (χ2n) is 4.21. The number of para-hydroxylation sites is 1. The molecule has 0 spiro atoms. The summed E-state index contributed by atoms with van der Waals surface area (Å²) in [6, 6.07) is 18.4. The standard InChI is InChI=1S/C17H17N/c1-3-15(16-9-7-8-14(2)12-16)13-18-17-10-5-4-6-11-17/h3-13H,1-2H3/b15-3+,18-13?. The minimum atomic E-state index is 0.976. The van der Waals surface area contributed by atoms with Crippen molar-refractivity contribution in [3.8, 4) is 0 Å². The molecule has 0 aromatic heterocycles. The van der Waals surface area contributed by atoms with E-state index in [2.05, 4.69) is 42.3 Å². The van der Waals surface area contributed by atoms with Crippen molar-refractivity contribution in [2.45, 2.75) is 13.8 Å². The number of benzene rings is 2. The number of aryl methyl sites for hydroxylation is 1. The zero-order valence-electron chi connectivity index (χ0n) is 10.8. The third kappa shape index (κ3) is 3.17. The lowest BCUT2D eigenvalue weighted by Gasteiger charge is -2.02. The minimum Gasteiger partial charge on any atom is -0.256 e. The summed E-state index contributed by atoms with van der Waals surface area (Å²) in [5.74, 6) is 0. The van der Waals surface area contributed by atoms with Crippen LogP contribution in [-0.4, -0.2) is 6.21 Å². The molecule has 0 radical (unpaired) electrons. The van der Waals surface area contributed by atoms with Gasteiger partial charge >= 0.3 is 0 Å². The fraction of sp³-hybridized carbons (Fsp3) is 0.118. The summed E-state index contributed by atoms with van der Waals surface area (Å²) < 4.78 is 0. The lowest BCUT2D eigenvalue weighted by atomic mass is 10.0. The van der Waals surface area contributed by atoms with Crippen molar-refractivity contribution in [2.75, 3.05) is 0 Å². The first-order chi connectivity index (χ1) is 8.79. The SMILES string of the molecule is C/C=C(\C=Nc1ccccc1)c1cccc(C)c1. The van der Waals surface area contributed by atoms with Crippen LogP contribution in [-0.2, 0) is 0 Å². The summed E-state index contributed by atoms with van der Waals surface area (Å²) >= 11 is 0. The van der Waals surface area contributed by atoms with Gasteiger partial charge in [0.1, 0.15) is 0 Å². The fourth-order valence-electron chi connectivity index (χ4n) is 1.80. The lowest BCUT2D eigenvalue weighted by Crippen LogP contribution is -1.86. The Morgan fingerprint density at radius 2 is 1.78 bits per heavy atom. The van der Waals surface area contributed by atoms with Crippen molar-refractivity contribution in [1.29, 1.82) is 0 Å². The molecule has 0 bridgehead atoms. The number of hydrogen-bond donors (Lipinski definition) is 0. The van der Waals surface area contributed by atoms with Gasteiger partial charge in [0.15, 0.2) is 0 Å². The molecule has 90 valence electrons. The molecule has 1 nitrogen and oxygen atoms in total. The van der Waals surface area contributed by atoms with Crippen LogP contribution >= 0.6 is 0 Å². The summed E-state index contributed by atoms with van der Waals surface area (Å²) in [6.07, 6.45) is 4.01. The van der Waals surface area contributed by atoms with E-state index < -0.39 is 0 Å². The molecule has 0 saturated carbocycles. The molecule has 0 amide bonds. The number of aliphatic imine (C=N–C) groups is 1. The zero-order chi connectivity index (χ0) is 12.8. The summed E-state index contributed by atoms with van der Waals surface area (Å²) in [5.41, 5.74) is 4.59. The molecule has 2 aromatic carbocycles. The monoisotopic (exact) mass is 235 g/mol. The van der Waals surface area contributed by atoms with Gasteiger partial charge in [-0.3, -0.25) is 4.99 Å². The van der Waals surface area contributed by atoms with Crippen molar-refractivity contribution in [2.24, 2.45) is 4.99 Å². The molecule has 0 aliphatic carbocycles. The predicted molar refractivity (Wildman–Crippen MR) is 79.4 cm³/mol. The quantitative estimate of drug-likeness (QED) is 0.677. The first-order valence-corrected chi connectivity index (χ1v) is 6.12. The Morgan fingerprint density at radius 1 is 1.00 bits per heavy atom. The smallest absolute Gasteiger partial charge is 0.0629 e. The molecular weight excluding hydrogens is 218 g/mol. The Morgan fingerprint density at radius 3 is 2.44 bits per heavy atom. The molecule has 0 saturated heterocycles. The third-order valence-corrected chi connectivity index (χ3v) is 2.77. The molecule has 0 N–H and O–H groups in total. The minimum absolute atomic E-state index is 0.976. The second-order valence-corrected chi connectivity index (χ2v) is 4.21. The van der Waals surface area contributed by atoms with Crippen LogP contribution in [0, 0.1) is 6.92 Å². The van der Waals surface area contributed by atoms with E-state index in [1.807, 2.05) is 43.5 Å². The van der Waals surface area contributed by atoms with E-state index in [0.717, 1.165) is 11.3 Å². The van der Waals surface area contributed by atoms with Crippen LogP contribution in [0.1, 0.15) is 18.1 Å². The van der Waals surface area contributed by atoms with Gasteiger partial charge in [-0.25, -0.2) is 0 Å². The lowest BCUT2D eigenvalue weighted by molar-refractivity contribution is 1.45. The van der Waals surface area contributed by atoms with Gasteiger partial charge in [0.25, 0.3) is 0 Å². The van der Waals surface area contributed by atoms with Gasteiger partial charge in [-0.1, -0.05) is 54.1 Å². The van der Waals surface area contributed by atoms with Crippen LogP contribution in [0.3, 0.4) is 0 Å². The number of rotatable bonds is 3. The van der Waals surface area contributed by atoms with E-state index in [-0.39, 0.29) is 0 Å². The van der Waals surface area contributed by atoms with Crippen LogP contribution in [0.4, 0.5) is 5.69 Å². The van der Waals surface area contributed by atoms with Gasteiger partial charge < -0.3 is 0 Å². The van der Waals surface area contributed by atoms with E-state index in [1.54, 1.807) is 0 Å². The molecular formula is C17H17N. The molecule has 0 aliphatic rings. The van der Waals surface area contributed by atoms with Gasteiger partial charge in [0.05, 0.1) is 5.69 Å². The zero-order valence-corrected chi connectivity index (χ0v) is 10.8. The maximum Gasteiger partial charge on any atom is 0.0629 e. The number of allylic oxidation sites excluding steroid dienone is 2. The maximum atomic E-state index is 4.49. The highest BCUT2D eigenvalue weighted by atomic mass is 14.7. The average Bonchev–Trinajstić information content (AvgIpc) is 2.41. The maximum absolute atomic E-state index is 4.49. The molecule has 2 aromatic rings. The predicted octanol–water partition coefficient (Wildman–Crippen LogP) is 4.80. The summed E-state index contributed by atoms with van der Waals surface area (Å²) in [6.45, 7) is 4.14. The Balaban J connectivity index is 2.24. The Kier molecular flexibility index (Phi) is 4.08. The van der Waals surface area contributed by atoms with Crippen LogP contribution in [0.15, 0.2) is 65.7 Å².